The van der Waals surface area contributed by atoms with Gasteiger partial charge in [-0.15, -0.1) is 0 Å². The van der Waals surface area contributed by atoms with Gasteiger partial charge in [-0.25, -0.2) is 0 Å². The Kier molecular flexibility index (Phi) is 20.2. The molecule has 7 nitrogen and oxygen atoms in total. The molecule has 0 bridgehead atoms. The number of hydrogen-bond acceptors (Lipinski definition) is 5. The summed E-state index contributed by atoms with van der Waals surface area (Å²) < 4.78 is 17.0. The molecule has 1 fully saturated rings. The van der Waals surface area contributed by atoms with Crippen molar-refractivity contribution in [1.29, 1.82) is 0 Å². The third-order valence-corrected chi connectivity index (χ3v) is 6.39. The number of primary amides is 1. The van der Waals surface area contributed by atoms with Crippen molar-refractivity contribution in [1.82, 2.24) is 5.32 Å². The summed E-state index contributed by atoms with van der Waals surface area (Å²) >= 11 is 0. The number of hydrogen-bond donors (Lipinski definition) is 2. The van der Waals surface area contributed by atoms with E-state index >= 15 is 0 Å². The first kappa shape index (κ1) is 30.9. The number of rotatable bonds is 22. The molecule has 34 heavy (non-hydrogen) atoms. The van der Waals surface area contributed by atoms with E-state index in [9.17, 15) is 9.59 Å². The number of nitrogens with two attached hydrogens (primary N) is 1. The molecule has 7 heteroatoms. The summed E-state index contributed by atoms with van der Waals surface area (Å²) in [4.78, 5) is 22.7. The summed E-state index contributed by atoms with van der Waals surface area (Å²) in [5.41, 5.74) is 5.06. The molecule has 0 radical (unpaired) electrons. The van der Waals surface area contributed by atoms with Gasteiger partial charge >= 0.3 is 11.8 Å². The summed E-state index contributed by atoms with van der Waals surface area (Å²) in [5, 5.41) is 2.59. The van der Waals surface area contributed by atoms with E-state index in [2.05, 4.69) is 12.2 Å². The molecule has 1 saturated heterocycles. The van der Waals surface area contributed by atoms with E-state index in [-0.39, 0.29) is 12.9 Å². The van der Waals surface area contributed by atoms with Gasteiger partial charge < -0.3 is 25.3 Å². The second kappa shape index (κ2) is 22.3. The molecule has 0 aromatic heterocycles. The topological polar surface area (TPSA) is 99.9 Å². The molecule has 0 saturated carbocycles. The van der Waals surface area contributed by atoms with Gasteiger partial charge in [0.25, 0.3) is 0 Å². The molecule has 1 heterocycles. The normalized spacial score (nSPS) is 16.9. The highest BCUT2D eigenvalue weighted by Gasteiger charge is 2.20. The molecule has 0 aromatic carbocycles. The summed E-state index contributed by atoms with van der Waals surface area (Å²) in [6.07, 6.45) is 22.7. The minimum atomic E-state index is -0.999. The fourth-order valence-electron chi connectivity index (χ4n) is 4.26. The first-order valence-electron chi connectivity index (χ1n) is 14.0. The highest BCUT2D eigenvalue weighted by molar-refractivity contribution is 6.34. The lowest BCUT2D eigenvalue weighted by Crippen LogP contribution is -2.47. The summed E-state index contributed by atoms with van der Waals surface area (Å²) in [6.45, 7) is 4.14. The first-order chi connectivity index (χ1) is 16.6. The maximum absolute atomic E-state index is 11.7. The fourth-order valence-corrected chi connectivity index (χ4v) is 4.26. The van der Waals surface area contributed by atoms with Gasteiger partial charge in [0, 0.05) is 13.2 Å². The average molecular weight is 485 g/mol. The molecule has 1 aliphatic rings. The van der Waals surface area contributed by atoms with E-state index in [4.69, 9.17) is 19.9 Å². The predicted octanol–water partition coefficient (Wildman–Crippen LogP) is 5.39. The van der Waals surface area contributed by atoms with Gasteiger partial charge in [0.15, 0.2) is 6.29 Å². The molecule has 200 valence electrons. The lowest BCUT2D eigenvalue weighted by atomic mass is 10.0. The SMILES string of the molecule is CCCCCCCCCCCCCCCCCOCC(COC1CCCCO1)NC(=O)C(N)=O. The average Bonchev–Trinajstić information content (AvgIpc) is 2.84. The molecule has 1 aliphatic heterocycles. The second-order valence-corrected chi connectivity index (χ2v) is 9.69. The van der Waals surface area contributed by atoms with E-state index < -0.39 is 17.9 Å². The minimum absolute atomic E-state index is 0.239. The molecule has 0 aliphatic carbocycles. The fraction of sp³-hybridized carbons (Fsp3) is 0.926. The quantitative estimate of drug-likeness (QED) is 0.159. The monoisotopic (exact) mass is 484 g/mol. The number of carbonyl (C=O) groups excluding carboxylic acids is 2. The van der Waals surface area contributed by atoms with Crippen LogP contribution in [0.4, 0.5) is 0 Å². The van der Waals surface area contributed by atoms with E-state index in [1.54, 1.807) is 0 Å². The lowest BCUT2D eigenvalue weighted by Gasteiger charge is -2.25. The number of amides is 2. The van der Waals surface area contributed by atoms with Crippen molar-refractivity contribution in [2.24, 2.45) is 5.73 Å². The van der Waals surface area contributed by atoms with Crippen LogP contribution in [-0.4, -0.2) is 50.6 Å². The standard InChI is InChI=1S/C27H52N2O5/c1-2-3-4-5-6-7-8-9-10-11-12-13-14-15-17-20-32-22-24(29-27(31)26(28)30)23-34-25-19-16-18-21-33-25/h24-25H,2-23H2,1H3,(H2,28,30)(H,29,31). The van der Waals surface area contributed by atoms with Crippen LogP contribution in [0, 0.1) is 0 Å². The van der Waals surface area contributed by atoms with Gasteiger partial charge in [-0.1, -0.05) is 96.8 Å². The van der Waals surface area contributed by atoms with Crippen LogP contribution < -0.4 is 11.1 Å². The largest absolute Gasteiger partial charge is 0.379 e. The Morgan fingerprint density at radius 3 is 1.91 bits per heavy atom. The molecular formula is C27H52N2O5. The number of ether oxygens (including phenoxy) is 3. The molecule has 3 N–H and O–H groups in total. The Morgan fingerprint density at radius 2 is 1.41 bits per heavy atom. The van der Waals surface area contributed by atoms with Gasteiger partial charge in [-0.05, 0) is 25.7 Å². The van der Waals surface area contributed by atoms with Crippen LogP contribution in [0.1, 0.15) is 122 Å². The smallest absolute Gasteiger partial charge is 0.309 e. The predicted molar refractivity (Wildman–Crippen MR) is 136 cm³/mol. The molecule has 2 unspecified atom stereocenters. The minimum Gasteiger partial charge on any atom is -0.379 e. The van der Waals surface area contributed by atoms with E-state index in [0.29, 0.717) is 19.8 Å². The first-order valence-corrected chi connectivity index (χ1v) is 14.0. The Morgan fingerprint density at radius 1 is 0.853 bits per heavy atom. The van der Waals surface area contributed by atoms with Gasteiger partial charge in [-0.2, -0.15) is 0 Å². The molecule has 2 amide bonds. The van der Waals surface area contributed by atoms with Crippen molar-refractivity contribution in [3.05, 3.63) is 0 Å². The number of nitrogens with one attached hydrogen (secondary N) is 1. The zero-order valence-corrected chi connectivity index (χ0v) is 21.8. The van der Waals surface area contributed by atoms with Crippen molar-refractivity contribution in [2.75, 3.05) is 26.4 Å². The van der Waals surface area contributed by atoms with E-state index in [1.165, 1.54) is 83.5 Å². The Labute approximate surface area is 208 Å². The molecule has 1 rings (SSSR count). The summed E-state index contributed by atoms with van der Waals surface area (Å²) in [5.74, 6) is -1.81. The third kappa shape index (κ3) is 18.2. The van der Waals surface area contributed by atoms with E-state index in [0.717, 1.165) is 32.1 Å². The number of unbranched alkanes of at least 4 members (excludes halogenated alkanes) is 14. The third-order valence-electron chi connectivity index (χ3n) is 6.39. The van der Waals surface area contributed by atoms with Crippen LogP contribution in [-0.2, 0) is 23.8 Å². The van der Waals surface area contributed by atoms with E-state index in [1.807, 2.05) is 0 Å². The lowest BCUT2D eigenvalue weighted by molar-refractivity contribution is -0.169. The van der Waals surface area contributed by atoms with Gasteiger partial charge in [0.1, 0.15) is 0 Å². The Hall–Kier alpha value is -1.18. The molecule has 2 atom stereocenters. The highest BCUT2D eigenvalue weighted by Crippen LogP contribution is 2.15. The van der Waals surface area contributed by atoms with Crippen LogP contribution in [0.3, 0.4) is 0 Å². The molecule has 0 spiro atoms. The number of carbonyl (C=O) groups is 2. The highest BCUT2D eigenvalue weighted by atomic mass is 16.7. The summed E-state index contributed by atoms with van der Waals surface area (Å²) in [6, 6.07) is -0.415. The van der Waals surface area contributed by atoms with Crippen molar-refractivity contribution in [3.63, 3.8) is 0 Å². The van der Waals surface area contributed by atoms with Crippen LogP contribution in [0.2, 0.25) is 0 Å². The maximum Gasteiger partial charge on any atom is 0.309 e. The zero-order chi connectivity index (χ0) is 24.7. The van der Waals surface area contributed by atoms with Crippen LogP contribution in [0.25, 0.3) is 0 Å². The molecular weight excluding hydrogens is 432 g/mol. The van der Waals surface area contributed by atoms with Gasteiger partial charge in [0.05, 0.1) is 19.3 Å². The van der Waals surface area contributed by atoms with Crippen molar-refractivity contribution >= 4 is 11.8 Å². The van der Waals surface area contributed by atoms with Crippen molar-refractivity contribution < 1.29 is 23.8 Å². The van der Waals surface area contributed by atoms with Gasteiger partial charge in [-0.3, -0.25) is 9.59 Å². The van der Waals surface area contributed by atoms with Crippen molar-refractivity contribution in [2.45, 2.75) is 135 Å². The Bertz CT molecular complexity index is 497. The maximum atomic E-state index is 11.7. The van der Waals surface area contributed by atoms with Crippen LogP contribution in [0.5, 0.6) is 0 Å². The zero-order valence-electron chi connectivity index (χ0n) is 21.8. The van der Waals surface area contributed by atoms with Gasteiger partial charge in [0.2, 0.25) is 0 Å². The Balaban J connectivity index is 1.96. The van der Waals surface area contributed by atoms with Crippen molar-refractivity contribution in [3.8, 4) is 0 Å². The van der Waals surface area contributed by atoms with Crippen LogP contribution >= 0.6 is 0 Å². The van der Waals surface area contributed by atoms with Crippen LogP contribution in [0.15, 0.2) is 0 Å². The second-order valence-electron chi connectivity index (χ2n) is 9.69. The molecule has 0 aromatic rings. The summed E-state index contributed by atoms with van der Waals surface area (Å²) in [7, 11) is 0.